The highest BCUT2D eigenvalue weighted by Crippen LogP contribution is 2.28. The number of carbonyl (C=O) groups excluding carboxylic acids is 2. The SMILES string of the molecule is COc1ccc(CCC[C@H](NC(=O)C2CCCN(C(=O)CCC3CCNCC3)C2)C(=O)O)cc1OC. The average Bonchev–Trinajstić information content (AvgIpc) is 2.91. The number of rotatable bonds is 12. The molecule has 2 aliphatic rings. The van der Waals surface area contributed by atoms with E-state index in [0.29, 0.717) is 62.6 Å². The highest BCUT2D eigenvalue weighted by molar-refractivity contribution is 5.86. The molecule has 2 heterocycles. The Labute approximate surface area is 213 Å². The molecule has 0 aliphatic carbocycles. The molecule has 36 heavy (non-hydrogen) atoms. The molecule has 2 amide bonds. The molecular formula is C27H41N3O6. The number of hydrogen-bond acceptors (Lipinski definition) is 6. The third kappa shape index (κ3) is 8.11. The predicted octanol–water partition coefficient (Wildman–Crippen LogP) is 2.61. The number of benzene rings is 1. The number of carboxylic acid groups (broad SMARTS) is 1. The number of hydrogen-bond donors (Lipinski definition) is 3. The summed E-state index contributed by atoms with van der Waals surface area (Å²) in [5.74, 6) is 0.290. The van der Waals surface area contributed by atoms with Crippen LogP contribution in [0.1, 0.15) is 56.9 Å². The van der Waals surface area contributed by atoms with Gasteiger partial charge in [0.1, 0.15) is 6.04 Å². The zero-order valence-electron chi connectivity index (χ0n) is 21.6. The number of amides is 2. The Morgan fingerprint density at radius 2 is 1.89 bits per heavy atom. The van der Waals surface area contributed by atoms with Crippen molar-refractivity contribution >= 4 is 17.8 Å². The van der Waals surface area contributed by atoms with E-state index in [1.54, 1.807) is 19.1 Å². The maximum absolute atomic E-state index is 12.9. The molecule has 0 bridgehead atoms. The van der Waals surface area contributed by atoms with Crippen molar-refractivity contribution in [3.05, 3.63) is 23.8 Å². The number of nitrogens with one attached hydrogen (secondary N) is 2. The largest absolute Gasteiger partial charge is 0.493 e. The first-order valence-corrected chi connectivity index (χ1v) is 13.1. The Balaban J connectivity index is 1.46. The third-order valence-electron chi connectivity index (χ3n) is 7.39. The first-order valence-electron chi connectivity index (χ1n) is 13.1. The van der Waals surface area contributed by atoms with Crippen molar-refractivity contribution < 1.29 is 29.0 Å². The molecule has 1 aromatic carbocycles. The van der Waals surface area contributed by atoms with Gasteiger partial charge in [0.05, 0.1) is 20.1 Å². The lowest BCUT2D eigenvalue weighted by Gasteiger charge is -2.33. The Hall–Kier alpha value is -2.81. The zero-order valence-corrected chi connectivity index (χ0v) is 21.6. The summed E-state index contributed by atoms with van der Waals surface area (Å²) < 4.78 is 10.6. The molecule has 1 unspecified atom stereocenters. The van der Waals surface area contributed by atoms with Crippen molar-refractivity contribution in [2.45, 2.75) is 63.8 Å². The molecule has 9 nitrogen and oxygen atoms in total. The number of carboxylic acids is 1. The van der Waals surface area contributed by atoms with Gasteiger partial charge >= 0.3 is 5.97 Å². The van der Waals surface area contributed by atoms with Crippen LogP contribution in [-0.4, -0.2) is 74.2 Å². The quantitative estimate of drug-likeness (QED) is 0.401. The van der Waals surface area contributed by atoms with Crippen LogP contribution in [-0.2, 0) is 20.8 Å². The van der Waals surface area contributed by atoms with E-state index < -0.39 is 12.0 Å². The van der Waals surface area contributed by atoms with Gasteiger partial charge in [0, 0.05) is 19.5 Å². The number of carbonyl (C=O) groups is 3. The Kier molecular flexibility index (Phi) is 10.8. The number of piperidine rings is 2. The van der Waals surface area contributed by atoms with Gasteiger partial charge < -0.3 is 30.1 Å². The van der Waals surface area contributed by atoms with Crippen LogP contribution < -0.4 is 20.1 Å². The molecule has 2 saturated heterocycles. The van der Waals surface area contributed by atoms with Crippen molar-refractivity contribution in [3.8, 4) is 11.5 Å². The number of likely N-dealkylation sites (tertiary alicyclic amines) is 1. The molecule has 9 heteroatoms. The molecule has 0 spiro atoms. The summed E-state index contributed by atoms with van der Waals surface area (Å²) >= 11 is 0. The fourth-order valence-corrected chi connectivity index (χ4v) is 5.17. The molecule has 1 aromatic rings. The lowest BCUT2D eigenvalue weighted by atomic mass is 9.92. The van der Waals surface area contributed by atoms with Gasteiger partial charge in [-0.1, -0.05) is 6.07 Å². The summed E-state index contributed by atoms with van der Waals surface area (Å²) in [7, 11) is 3.15. The van der Waals surface area contributed by atoms with E-state index in [9.17, 15) is 19.5 Å². The molecule has 2 fully saturated rings. The monoisotopic (exact) mass is 503 g/mol. The van der Waals surface area contributed by atoms with Crippen LogP contribution in [0, 0.1) is 11.8 Å². The minimum Gasteiger partial charge on any atom is -0.493 e. The van der Waals surface area contributed by atoms with Gasteiger partial charge in [-0.05, 0) is 88.1 Å². The number of aliphatic carboxylic acids is 1. The first-order chi connectivity index (χ1) is 17.4. The van der Waals surface area contributed by atoms with Crippen molar-refractivity contribution in [3.63, 3.8) is 0 Å². The summed E-state index contributed by atoms with van der Waals surface area (Å²) in [6, 6.07) is 4.68. The highest BCUT2D eigenvalue weighted by atomic mass is 16.5. The molecule has 2 atom stereocenters. The standard InChI is InChI=1S/C27H41N3O6/c1-35-23-10-8-20(17-24(23)36-2)5-3-7-22(27(33)34)29-26(32)21-6-4-16-30(18-21)25(31)11-9-19-12-14-28-15-13-19/h8,10,17,19,21-22,28H,3-7,9,11-16,18H2,1-2H3,(H,29,32)(H,33,34)/t21?,22-/m0/s1. The Bertz CT molecular complexity index is 886. The minimum atomic E-state index is -1.04. The molecule has 0 saturated carbocycles. The molecule has 200 valence electrons. The Morgan fingerprint density at radius 3 is 2.58 bits per heavy atom. The van der Waals surface area contributed by atoms with Gasteiger partial charge in [0.15, 0.2) is 11.5 Å². The number of nitrogens with zero attached hydrogens (tertiary/aromatic N) is 1. The van der Waals surface area contributed by atoms with Crippen molar-refractivity contribution in [2.75, 3.05) is 40.4 Å². The fraction of sp³-hybridized carbons (Fsp3) is 0.667. The van der Waals surface area contributed by atoms with Gasteiger partial charge in [0.2, 0.25) is 11.8 Å². The van der Waals surface area contributed by atoms with Crippen molar-refractivity contribution in [1.82, 2.24) is 15.5 Å². The van der Waals surface area contributed by atoms with Crippen molar-refractivity contribution in [2.24, 2.45) is 11.8 Å². The number of aryl methyl sites for hydroxylation is 1. The van der Waals surface area contributed by atoms with E-state index in [0.717, 1.165) is 44.3 Å². The Morgan fingerprint density at radius 1 is 1.14 bits per heavy atom. The third-order valence-corrected chi connectivity index (χ3v) is 7.39. The molecule has 3 N–H and O–H groups in total. The van der Waals surface area contributed by atoms with Gasteiger partial charge in [-0.3, -0.25) is 9.59 Å². The average molecular weight is 504 g/mol. The van der Waals surface area contributed by atoms with Crippen LogP contribution in [0.2, 0.25) is 0 Å². The van der Waals surface area contributed by atoms with Crippen LogP contribution in [0.25, 0.3) is 0 Å². The van der Waals surface area contributed by atoms with E-state index in [1.807, 2.05) is 18.2 Å². The lowest BCUT2D eigenvalue weighted by Crippen LogP contribution is -2.49. The van der Waals surface area contributed by atoms with Crippen LogP contribution in [0.4, 0.5) is 0 Å². The molecular weight excluding hydrogens is 462 g/mol. The minimum absolute atomic E-state index is 0.107. The lowest BCUT2D eigenvalue weighted by molar-refractivity contribution is -0.144. The van der Waals surface area contributed by atoms with E-state index >= 15 is 0 Å². The van der Waals surface area contributed by atoms with E-state index in [1.165, 1.54) is 0 Å². The molecule has 0 radical (unpaired) electrons. The summed E-state index contributed by atoms with van der Waals surface area (Å²) in [4.78, 5) is 39.3. The van der Waals surface area contributed by atoms with Crippen LogP contribution in [0.3, 0.4) is 0 Å². The predicted molar refractivity (Wildman–Crippen MR) is 136 cm³/mol. The molecule has 0 aromatic heterocycles. The summed E-state index contributed by atoms with van der Waals surface area (Å²) in [6.07, 6.45) is 6.64. The van der Waals surface area contributed by atoms with Crippen LogP contribution in [0.15, 0.2) is 18.2 Å². The smallest absolute Gasteiger partial charge is 0.326 e. The van der Waals surface area contributed by atoms with Crippen LogP contribution >= 0.6 is 0 Å². The van der Waals surface area contributed by atoms with E-state index in [2.05, 4.69) is 10.6 Å². The highest BCUT2D eigenvalue weighted by Gasteiger charge is 2.31. The number of methoxy groups -OCH3 is 2. The van der Waals surface area contributed by atoms with E-state index in [-0.39, 0.29) is 17.7 Å². The molecule has 2 aliphatic heterocycles. The summed E-state index contributed by atoms with van der Waals surface area (Å²) in [5, 5.41) is 15.8. The maximum atomic E-state index is 12.9. The maximum Gasteiger partial charge on any atom is 0.326 e. The van der Waals surface area contributed by atoms with Gasteiger partial charge in [-0.25, -0.2) is 4.79 Å². The molecule has 3 rings (SSSR count). The second kappa shape index (κ2) is 14.1. The van der Waals surface area contributed by atoms with Crippen molar-refractivity contribution in [1.29, 1.82) is 0 Å². The second-order valence-electron chi connectivity index (χ2n) is 9.89. The summed E-state index contributed by atoms with van der Waals surface area (Å²) in [6.45, 7) is 3.07. The van der Waals surface area contributed by atoms with E-state index in [4.69, 9.17) is 9.47 Å². The summed E-state index contributed by atoms with van der Waals surface area (Å²) in [5.41, 5.74) is 1.01. The zero-order chi connectivity index (χ0) is 25.9. The van der Waals surface area contributed by atoms with Gasteiger partial charge in [-0.15, -0.1) is 0 Å². The second-order valence-corrected chi connectivity index (χ2v) is 9.89. The number of ether oxygens (including phenoxy) is 2. The van der Waals surface area contributed by atoms with Gasteiger partial charge in [-0.2, -0.15) is 0 Å². The fourth-order valence-electron chi connectivity index (χ4n) is 5.17. The van der Waals surface area contributed by atoms with Crippen LogP contribution in [0.5, 0.6) is 11.5 Å². The normalized spacial score (nSPS) is 19.4. The van der Waals surface area contributed by atoms with Gasteiger partial charge in [0.25, 0.3) is 0 Å². The topological polar surface area (TPSA) is 117 Å². The first kappa shape index (κ1) is 27.8.